The first-order valence-electron chi connectivity index (χ1n) is 7.64. The molecule has 0 spiro atoms. The Morgan fingerprint density at radius 3 is 2.60 bits per heavy atom. The van der Waals surface area contributed by atoms with Gasteiger partial charge >= 0.3 is 0 Å². The molecule has 0 saturated heterocycles. The highest BCUT2D eigenvalue weighted by atomic mass is 35.5. The molecule has 0 saturated carbocycles. The van der Waals surface area contributed by atoms with Gasteiger partial charge < -0.3 is 9.88 Å². The van der Waals surface area contributed by atoms with Crippen molar-refractivity contribution in [1.29, 1.82) is 0 Å². The second-order valence-corrected chi connectivity index (χ2v) is 5.25. The third kappa shape index (κ3) is 4.26. The zero-order valence-corrected chi connectivity index (χ0v) is 13.5. The van der Waals surface area contributed by atoms with Gasteiger partial charge in [-0.3, -0.25) is 0 Å². The lowest BCUT2D eigenvalue weighted by atomic mass is 10.2. The van der Waals surface area contributed by atoms with E-state index in [1.807, 2.05) is 0 Å². The van der Waals surface area contributed by atoms with Crippen LogP contribution in [0.5, 0.6) is 0 Å². The van der Waals surface area contributed by atoms with Crippen LogP contribution in [0.1, 0.15) is 45.1 Å². The number of para-hydroxylation sites is 1. The molecule has 3 heteroatoms. The summed E-state index contributed by atoms with van der Waals surface area (Å²) in [5.41, 5.74) is 2.80. The Labute approximate surface area is 129 Å². The molecule has 1 aromatic carbocycles. The molecule has 0 radical (unpaired) electrons. The van der Waals surface area contributed by atoms with Gasteiger partial charge in [0, 0.05) is 30.2 Å². The molecule has 20 heavy (non-hydrogen) atoms. The lowest BCUT2D eigenvalue weighted by Crippen LogP contribution is -2.14. The zero-order chi connectivity index (χ0) is 13.5. The first kappa shape index (κ1) is 17.1. The van der Waals surface area contributed by atoms with E-state index in [0.717, 1.165) is 19.6 Å². The number of hydrogen-bond acceptors (Lipinski definition) is 1. The molecular formula is C17H27ClN2. The van der Waals surface area contributed by atoms with Gasteiger partial charge in [0.25, 0.3) is 0 Å². The fraction of sp³-hybridized carbons (Fsp3) is 0.529. The molecule has 0 aliphatic rings. The lowest BCUT2D eigenvalue weighted by molar-refractivity contribution is 0.616. The molecule has 0 aliphatic carbocycles. The number of nitrogens with zero attached hydrogens (tertiary/aromatic N) is 1. The van der Waals surface area contributed by atoms with Crippen molar-refractivity contribution in [3.05, 3.63) is 36.0 Å². The zero-order valence-electron chi connectivity index (χ0n) is 12.7. The maximum atomic E-state index is 3.57. The van der Waals surface area contributed by atoms with Gasteiger partial charge in [0.15, 0.2) is 0 Å². The van der Waals surface area contributed by atoms with Gasteiger partial charge in [-0.25, -0.2) is 0 Å². The molecule has 1 heterocycles. The van der Waals surface area contributed by atoms with Gasteiger partial charge in [0.05, 0.1) is 0 Å². The molecular weight excluding hydrogens is 268 g/mol. The number of aryl methyl sites for hydroxylation is 1. The molecule has 0 bridgehead atoms. The number of unbranched alkanes of at least 4 members (excludes halogenated alkanes) is 2. The highest BCUT2D eigenvalue weighted by molar-refractivity contribution is 5.85. The van der Waals surface area contributed by atoms with Crippen molar-refractivity contribution >= 4 is 23.3 Å². The van der Waals surface area contributed by atoms with E-state index in [-0.39, 0.29) is 12.4 Å². The molecule has 0 atom stereocenters. The standard InChI is InChI=1S/C17H26N2.ClH/c1-3-5-8-11-18-13-15-14-19(12-4-2)17-10-7-6-9-16(15)17;/h6-7,9-10,14,18H,3-5,8,11-13H2,1-2H3;1H. The fourth-order valence-electron chi connectivity index (χ4n) is 2.61. The number of fused-ring (bicyclic) bond motifs is 1. The number of halogens is 1. The van der Waals surface area contributed by atoms with E-state index < -0.39 is 0 Å². The van der Waals surface area contributed by atoms with Gasteiger partial charge in [-0.1, -0.05) is 44.9 Å². The van der Waals surface area contributed by atoms with Crippen LogP contribution in [0.15, 0.2) is 30.5 Å². The largest absolute Gasteiger partial charge is 0.347 e. The second kappa shape index (κ2) is 9.04. The normalized spacial score (nSPS) is 10.7. The van der Waals surface area contributed by atoms with Crippen molar-refractivity contribution in [2.75, 3.05) is 6.54 Å². The van der Waals surface area contributed by atoms with E-state index in [1.54, 1.807) is 0 Å². The van der Waals surface area contributed by atoms with Crippen molar-refractivity contribution < 1.29 is 0 Å². The van der Waals surface area contributed by atoms with E-state index >= 15 is 0 Å². The van der Waals surface area contributed by atoms with Gasteiger partial charge in [-0.05, 0) is 31.0 Å². The summed E-state index contributed by atoms with van der Waals surface area (Å²) in [6.45, 7) is 7.70. The van der Waals surface area contributed by atoms with Crippen molar-refractivity contribution in [3.8, 4) is 0 Å². The van der Waals surface area contributed by atoms with Crippen molar-refractivity contribution in [3.63, 3.8) is 0 Å². The van der Waals surface area contributed by atoms with Crippen LogP contribution in [-0.2, 0) is 13.1 Å². The number of aromatic nitrogens is 1. The van der Waals surface area contributed by atoms with Crippen molar-refractivity contribution in [2.45, 2.75) is 52.6 Å². The first-order valence-corrected chi connectivity index (χ1v) is 7.64. The van der Waals surface area contributed by atoms with E-state index in [4.69, 9.17) is 0 Å². The van der Waals surface area contributed by atoms with Gasteiger partial charge in [0.1, 0.15) is 0 Å². The quantitative estimate of drug-likeness (QED) is 0.695. The predicted molar refractivity (Wildman–Crippen MR) is 90.7 cm³/mol. The van der Waals surface area contributed by atoms with E-state index in [1.165, 1.54) is 42.1 Å². The highest BCUT2D eigenvalue weighted by Gasteiger charge is 2.06. The number of nitrogens with one attached hydrogen (secondary N) is 1. The minimum atomic E-state index is 0. The summed E-state index contributed by atoms with van der Waals surface area (Å²) in [6, 6.07) is 8.74. The molecule has 0 unspecified atom stereocenters. The molecule has 1 N–H and O–H groups in total. The topological polar surface area (TPSA) is 17.0 Å². The van der Waals surface area contributed by atoms with Gasteiger partial charge in [-0.2, -0.15) is 0 Å². The highest BCUT2D eigenvalue weighted by Crippen LogP contribution is 2.21. The first-order chi connectivity index (χ1) is 9.36. The maximum absolute atomic E-state index is 3.57. The summed E-state index contributed by atoms with van der Waals surface area (Å²) in [5.74, 6) is 0. The SMILES string of the molecule is CCCCCNCc1cn(CCC)c2ccccc12.Cl. The van der Waals surface area contributed by atoms with Crippen LogP contribution in [0.25, 0.3) is 10.9 Å². The molecule has 0 fully saturated rings. The van der Waals surface area contributed by atoms with Gasteiger partial charge in [-0.15, -0.1) is 12.4 Å². The third-order valence-corrected chi connectivity index (χ3v) is 3.61. The Bertz CT molecular complexity index is 505. The number of rotatable bonds is 8. The van der Waals surface area contributed by atoms with Crippen LogP contribution in [-0.4, -0.2) is 11.1 Å². The molecule has 112 valence electrons. The minimum absolute atomic E-state index is 0. The summed E-state index contributed by atoms with van der Waals surface area (Å²) in [6.07, 6.45) is 7.40. The van der Waals surface area contributed by atoms with Crippen LogP contribution in [0.2, 0.25) is 0 Å². The van der Waals surface area contributed by atoms with Crippen LogP contribution >= 0.6 is 12.4 Å². The number of benzene rings is 1. The summed E-state index contributed by atoms with van der Waals surface area (Å²) in [5, 5.41) is 4.97. The average molecular weight is 295 g/mol. The van der Waals surface area contributed by atoms with Crippen molar-refractivity contribution in [2.24, 2.45) is 0 Å². The molecule has 2 aromatic rings. The molecule has 2 nitrogen and oxygen atoms in total. The smallest absolute Gasteiger partial charge is 0.0483 e. The van der Waals surface area contributed by atoms with Gasteiger partial charge in [0.2, 0.25) is 0 Å². The summed E-state index contributed by atoms with van der Waals surface area (Å²) in [7, 11) is 0. The average Bonchev–Trinajstić information content (AvgIpc) is 2.78. The predicted octanol–water partition coefficient (Wildman–Crippen LogP) is 4.75. The van der Waals surface area contributed by atoms with E-state index in [9.17, 15) is 0 Å². The van der Waals surface area contributed by atoms with Crippen molar-refractivity contribution in [1.82, 2.24) is 9.88 Å². The van der Waals surface area contributed by atoms with Crippen LogP contribution in [0.4, 0.5) is 0 Å². The Morgan fingerprint density at radius 2 is 1.85 bits per heavy atom. The summed E-state index contributed by atoms with van der Waals surface area (Å²) < 4.78 is 2.39. The second-order valence-electron chi connectivity index (χ2n) is 5.25. The van der Waals surface area contributed by atoms with E-state index in [0.29, 0.717) is 0 Å². The molecule has 0 aliphatic heterocycles. The Morgan fingerprint density at radius 1 is 1.05 bits per heavy atom. The third-order valence-electron chi connectivity index (χ3n) is 3.61. The van der Waals surface area contributed by atoms with Crippen LogP contribution in [0, 0.1) is 0 Å². The van der Waals surface area contributed by atoms with Crippen LogP contribution < -0.4 is 5.32 Å². The monoisotopic (exact) mass is 294 g/mol. The summed E-state index contributed by atoms with van der Waals surface area (Å²) >= 11 is 0. The molecule has 1 aromatic heterocycles. The lowest BCUT2D eigenvalue weighted by Gasteiger charge is -2.03. The van der Waals surface area contributed by atoms with E-state index in [2.05, 4.69) is 54.2 Å². The fourth-order valence-corrected chi connectivity index (χ4v) is 2.61. The Kier molecular flexibility index (Phi) is 7.71. The number of hydrogen-bond donors (Lipinski definition) is 1. The Balaban J connectivity index is 0.00000200. The summed E-state index contributed by atoms with van der Waals surface area (Å²) in [4.78, 5) is 0. The molecule has 2 rings (SSSR count). The Hall–Kier alpha value is -0.990. The maximum Gasteiger partial charge on any atom is 0.0483 e. The minimum Gasteiger partial charge on any atom is -0.347 e. The molecule has 0 amide bonds. The van der Waals surface area contributed by atoms with Crippen LogP contribution in [0.3, 0.4) is 0 Å².